The lowest BCUT2D eigenvalue weighted by atomic mass is 10.1. The first-order chi connectivity index (χ1) is 7.41. The third kappa shape index (κ3) is 3.05. The zero-order chi connectivity index (χ0) is 12.3. The van der Waals surface area contributed by atoms with Gasteiger partial charge in [0.2, 0.25) is 0 Å². The number of rotatable bonds is 4. The Balaban J connectivity index is 3.05. The van der Waals surface area contributed by atoms with Gasteiger partial charge in [-0.3, -0.25) is 4.79 Å². The predicted molar refractivity (Wildman–Crippen MR) is 61.5 cm³/mol. The number of Topliss-reactive ketones (excluding diaryl/α,β-unsaturated/α-hetero) is 1. The van der Waals surface area contributed by atoms with Crippen LogP contribution in [0.1, 0.15) is 36.7 Å². The summed E-state index contributed by atoms with van der Waals surface area (Å²) in [4.78, 5) is 11.3. The van der Waals surface area contributed by atoms with Crippen molar-refractivity contribution in [3.8, 4) is 5.75 Å². The summed E-state index contributed by atoms with van der Waals surface area (Å²) in [7, 11) is 0. The average molecular weight is 224 g/mol. The van der Waals surface area contributed by atoms with Crippen LogP contribution in [-0.2, 0) is 0 Å². The van der Waals surface area contributed by atoms with E-state index in [4.69, 9.17) is 4.74 Å². The highest BCUT2D eigenvalue weighted by molar-refractivity contribution is 5.96. The van der Waals surface area contributed by atoms with Crippen LogP contribution in [0.4, 0.5) is 4.39 Å². The van der Waals surface area contributed by atoms with Gasteiger partial charge in [0.05, 0.1) is 12.2 Å². The van der Waals surface area contributed by atoms with Crippen molar-refractivity contribution in [3.63, 3.8) is 0 Å². The summed E-state index contributed by atoms with van der Waals surface area (Å²) in [6.07, 6.45) is 0. The molecular weight excluding hydrogens is 207 g/mol. The molecule has 16 heavy (non-hydrogen) atoms. The zero-order valence-electron chi connectivity index (χ0n) is 10.1. The monoisotopic (exact) mass is 224 g/mol. The first kappa shape index (κ1) is 12.7. The van der Waals surface area contributed by atoms with E-state index in [0.717, 1.165) is 0 Å². The maximum Gasteiger partial charge on any atom is 0.163 e. The van der Waals surface area contributed by atoms with E-state index in [0.29, 0.717) is 29.4 Å². The first-order valence-corrected chi connectivity index (χ1v) is 5.35. The molecule has 0 spiro atoms. The quantitative estimate of drug-likeness (QED) is 0.733. The van der Waals surface area contributed by atoms with Gasteiger partial charge in [0.1, 0.15) is 11.6 Å². The number of ether oxygens (including phenoxy) is 1. The minimum Gasteiger partial charge on any atom is -0.493 e. The number of halogens is 1. The van der Waals surface area contributed by atoms with E-state index in [2.05, 4.69) is 0 Å². The van der Waals surface area contributed by atoms with E-state index in [1.807, 2.05) is 13.8 Å². The molecular formula is C13H17FO2. The largest absolute Gasteiger partial charge is 0.493 e. The van der Waals surface area contributed by atoms with Crippen LogP contribution >= 0.6 is 0 Å². The van der Waals surface area contributed by atoms with Crippen LogP contribution in [0.5, 0.6) is 5.75 Å². The average Bonchev–Trinajstić information content (AvgIpc) is 2.18. The Bertz CT molecular complexity index is 397. The second-order valence-electron chi connectivity index (χ2n) is 4.36. The van der Waals surface area contributed by atoms with Crippen LogP contribution in [0.15, 0.2) is 12.1 Å². The normalized spacial score (nSPS) is 10.6. The molecule has 0 saturated carbocycles. The minimum absolute atomic E-state index is 0.183. The van der Waals surface area contributed by atoms with E-state index < -0.39 is 0 Å². The Hall–Kier alpha value is -1.38. The molecule has 0 aliphatic rings. The van der Waals surface area contributed by atoms with Gasteiger partial charge in [0.25, 0.3) is 0 Å². The molecule has 0 unspecified atom stereocenters. The molecule has 88 valence electrons. The van der Waals surface area contributed by atoms with Crippen LogP contribution in [0.3, 0.4) is 0 Å². The lowest BCUT2D eigenvalue weighted by Crippen LogP contribution is -2.08. The van der Waals surface area contributed by atoms with Gasteiger partial charge >= 0.3 is 0 Å². The fourth-order valence-corrected chi connectivity index (χ4v) is 1.31. The Morgan fingerprint density at radius 2 is 2.06 bits per heavy atom. The van der Waals surface area contributed by atoms with Crippen molar-refractivity contribution in [2.45, 2.75) is 27.7 Å². The van der Waals surface area contributed by atoms with Gasteiger partial charge in [-0.2, -0.15) is 0 Å². The summed E-state index contributed by atoms with van der Waals surface area (Å²) in [5.74, 6) is 0.282. The lowest BCUT2D eigenvalue weighted by Gasteiger charge is -2.12. The standard InChI is InChI=1S/C13H17FO2/c1-8(2)7-16-13-5-9(3)12(14)6-11(13)10(4)15/h5-6,8H,7H2,1-4H3. The fourth-order valence-electron chi connectivity index (χ4n) is 1.31. The summed E-state index contributed by atoms with van der Waals surface area (Å²) in [5.41, 5.74) is 0.799. The van der Waals surface area contributed by atoms with Crippen molar-refractivity contribution >= 4 is 5.78 Å². The van der Waals surface area contributed by atoms with Gasteiger partial charge in [-0.25, -0.2) is 4.39 Å². The molecule has 0 saturated heterocycles. The Kier molecular flexibility index (Phi) is 4.05. The van der Waals surface area contributed by atoms with E-state index in [9.17, 15) is 9.18 Å². The van der Waals surface area contributed by atoms with Crippen LogP contribution in [0.25, 0.3) is 0 Å². The Labute approximate surface area is 95.4 Å². The minimum atomic E-state index is -0.373. The molecule has 2 nitrogen and oxygen atoms in total. The summed E-state index contributed by atoms with van der Waals surface area (Å²) in [6.45, 7) is 7.62. The molecule has 0 aromatic heterocycles. The summed E-state index contributed by atoms with van der Waals surface area (Å²) in [6, 6.07) is 2.82. The van der Waals surface area contributed by atoms with Crippen LogP contribution in [0.2, 0.25) is 0 Å². The van der Waals surface area contributed by atoms with Gasteiger partial charge < -0.3 is 4.74 Å². The number of hydrogen-bond acceptors (Lipinski definition) is 2. The van der Waals surface area contributed by atoms with Gasteiger partial charge in [0, 0.05) is 0 Å². The molecule has 0 amide bonds. The smallest absolute Gasteiger partial charge is 0.163 e. The molecule has 1 aromatic carbocycles. The topological polar surface area (TPSA) is 26.3 Å². The van der Waals surface area contributed by atoms with E-state index in [1.165, 1.54) is 13.0 Å². The highest BCUT2D eigenvalue weighted by atomic mass is 19.1. The maximum absolute atomic E-state index is 13.3. The van der Waals surface area contributed by atoms with E-state index in [1.54, 1.807) is 13.0 Å². The second kappa shape index (κ2) is 5.10. The van der Waals surface area contributed by atoms with Crippen molar-refractivity contribution in [2.24, 2.45) is 5.92 Å². The molecule has 0 aliphatic heterocycles. The van der Waals surface area contributed by atoms with Crippen molar-refractivity contribution in [1.82, 2.24) is 0 Å². The summed E-state index contributed by atoms with van der Waals surface area (Å²) in [5, 5.41) is 0. The number of benzene rings is 1. The maximum atomic E-state index is 13.3. The third-order valence-corrected chi connectivity index (χ3v) is 2.21. The van der Waals surface area contributed by atoms with Crippen LogP contribution in [0, 0.1) is 18.7 Å². The van der Waals surface area contributed by atoms with Gasteiger partial charge in [-0.05, 0) is 37.5 Å². The molecule has 0 aliphatic carbocycles. The number of carbonyl (C=O) groups is 1. The van der Waals surface area contributed by atoms with Crippen molar-refractivity contribution in [1.29, 1.82) is 0 Å². The van der Waals surface area contributed by atoms with E-state index in [-0.39, 0.29) is 11.6 Å². The van der Waals surface area contributed by atoms with E-state index >= 15 is 0 Å². The number of aryl methyl sites for hydroxylation is 1. The molecule has 1 rings (SSSR count). The lowest BCUT2D eigenvalue weighted by molar-refractivity contribution is 0.101. The predicted octanol–water partition coefficient (Wildman–Crippen LogP) is 3.37. The molecule has 1 aromatic rings. The van der Waals surface area contributed by atoms with Gasteiger partial charge in [-0.15, -0.1) is 0 Å². The third-order valence-electron chi connectivity index (χ3n) is 2.21. The molecule has 0 atom stereocenters. The Morgan fingerprint density at radius 3 is 2.56 bits per heavy atom. The first-order valence-electron chi connectivity index (χ1n) is 5.35. The zero-order valence-corrected chi connectivity index (χ0v) is 10.1. The molecule has 3 heteroatoms. The van der Waals surface area contributed by atoms with Crippen LogP contribution in [-0.4, -0.2) is 12.4 Å². The molecule has 0 N–H and O–H groups in total. The molecule has 0 bridgehead atoms. The summed E-state index contributed by atoms with van der Waals surface area (Å²) >= 11 is 0. The van der Waals surface area contributed by atoms with Crippen LogP contribution < -0.4 is 4.74 Å². The van der Waals surface area contributed by atoms with Gasteiger partial charge in [-0.1, -0.05) is 13.8 Å². The number of carbonyl (C=O) groups excluding carboxylic acids is 1. The highest BCUT2D eigenvalue weighted by Gasteiger charge is 2.12. The molecule has 0 radical (unpaired) electrons. The van der Waals surface area contributed by atoms with Crippen molar-refractivity contribution in [2.75, 3.05) is 6.61 Å². The van der Waals surface area contributed by atoms with Crippen molar-refractivity contribution in [3.05, 3.63) is 29.1 Å². The number of hydrogen-bond donors (Lipinski definition) is 0. The second-order valence-corrected chi connectivity index (χ2v) is 4.36. The summed E-state index contributed by atoms with van der Waals surface area (Å²) < 4.78 is 18.8. The highest BCUT2D eigenvalue weighted by Crippen LogP contribution is 2.23. The molecule has 0 fully saturated rings. The van der Waals surface area contributed by atoms with Crippen molar-refractivity contribution < 1.29 is 13.9 Å². The fraction of sp³-hybridized carbons (Fsp3) is 0.462. The van der Waals surface area contributed by atoms with Gasteiger partial charge in [0.15, 0.2) is 5.78 Å². The number of ketones is 1. The molecule has 0 heterocycles. The Morgan fingerprint density at radius 1 is 1.44 bits per heavy atom. The SMILES string of the molecule is CC(=O)c1cc(F)c(C)cc1OCC(C)C.